The van der Waals surface area contributed by atoms with Crippen molar-refractivity contribution in [2.24, 2.45) is 0 Å². The number of ether oxygens (including phenoxy) is 1. The highest BCUT2D eigenvalue weighted by Gasteiger charge is 2.54. The number of nitrogen functional groups attached to an aromatic ring is 1. The van der Waals surface area contributed by atoms with E-state index in [-0.39, 0.29) is 17.1 Å². The van der Waals surface area contributed by atoms with E-state index >= 15 is 0 Å². The van der Waals surface area contributed by atoms with Gasteiger partial charge in [0.25, 0.3) is 13.4 Å². The summed E-state index contributed by atoms with van der Waals surface area (Å²) in [5.74, 6) is -0.246. The number of phosphoric acid groups is 2. The number of rotatable bonds is 9. The van der Waals surface area contributed by atoms with Crippen molar-refractivity contribution >= 4 is 32.8 Å². The zero-order valence-electron chi connectivity index (χ0n) is 20.1. The van der Waals surface area contributed by atoms with Gasteiger partial charge in [-0.05, 0) is 27.7 Å². The summed E-state index contributed by atoms with van der Waals surface area (Å²) in [7, 11) is -10.8. The van der Waals surface area contributed by atoms with Crippen molar-refractivity contribution in [2.75, 3.05) is 32.0 Å². The van der Waals surface area contributed by atoms with Gasteiger partial charge in [0, 0.05) is 0 Å². The second kappa shape index (κ2) is 11.8. The molecule has 1 fully saturated rings. The molecule has 3 rings (SSSR count). The third-order valence-electron chi connectivity index (χ3n) is 5.56. The number of anilines is 1. The van der Waals surface area contributed by atoms with Gasteiger partial charge in [0.2, 0.25) is 5.95 Å². The lowest BCUT2D eigenvalue weighted by Gasteiger charge is -2.27. The van der Waals surface area contributed by atoms with Crippen LogP contribution in [0.15, 0.2) is 11.1 Å². The molecule has 19 heteroatoms. The molecule has 0 amide bonds. The highest BCUT2D eigenvalue weighted by atomic mass is 31.3. The van der Waals surface area contributed by atoms with Gasteiger partial charge < -0.3 is 44.8 Å². The van der Waals surface area contributed by atoms with Crippen LogP contribution in [0.2, 0.25) is 0 Å². The van der Waals surface area contributed by atoms with Gasteiger partial charge in [-0.15, -0.1) is 0 Å². The summed E-state index contributed by atoms with van der Waals surface area (Å²) in [5, 5.41) is 21.0. The van der Waals surface area contributed by atoms with Crippen LogP contribution in [0.3, 0.4) is 0 Å². The van der Waals surface area contributed by atoms with Crippen LogP contribution in [0.5, 0.6) is 0 Å². The Bertz CT molecular complexity index is 1170. The summed E-state index contributed by atoms with van der Waals surface area (Å²) in [5.41, 5.74) is 2.58. The number of nitrogens with one attached hydrogen (secondary N) is 2. The molecule has 1 aliphatic heterocycles. The van der Waals surface area contributed by atoms with Crippen LogP contribution in [0.25, 0.3) is 11.2 Å². The fraction of sp³-hybridized carbons (Fsp3) is 0.706. The largest absolute Gasteiger partial charge is 0.756 e. The number of quaternary nitrogens is 1. The molecule has 2 aromatic rings. The number of nitrogens with zero attached hydrogens (tertiary/aromatic N) is 3. The molecule has 206 valence electrons. The molecule has 2 aromatic heterocycles. The minimum atomic E-state index is -5.45. The Kier molecular flexibility index (Phi) is 9.95. The van der Waals surface area contributed by atoms with E-state index < -0.39 is 51.8 Å². The van der Waals surface area contributed by atoms with Crippen molar-refractivity contribution in [3.05, 3.63) is 16.7 Å². The normalized spacial score (nSPS) is 26.1. The van der Waals surface area contributed by atoms with Crippen LogP contribution in [-0.2, 0) is 22.7 Å². The minimum absolute atomic E-state index is 0.0791. The minimum Gasteiger partial charge on any atom is -0.756 e. The maximum atomic E-state index is 11.9. The van der Waals surface area contributed by atoms with E-state index in [4.69, 9.17) is 20.3 Å². The molecule has 0 aromatic carbocycles. The van der Waals surface area contributed by atoms with Crippen molar-refractivity contribution in [1.29, 1.82) is 0 Å². The molecular weight excluding hydrogens is 526 g/mol. The van der Waals surface area contributed by atoms with E-state index in [0.29, 0.717) is 0 Å². The van der Waals surface area contributed by atoms with Crippen LogP contribution in [0.1, 0.15) is 33.9 Å². The van der Waals surface area contributed by atoms with Gasteiger partial charge in [-0.3, -0.25) is 18.9 Å². The predicted octanol–water partition coefficient (Wildman–Crippen LogP) is -2.76. The molecule has 1 saturated heterocycles. The molecule has 5 atom stereocenters. The number of aliphatic hydroxyl groups is 2. The lowest BCUT2D eigenvalue weighted by atomic mass is 9.96. The second-order valence-corrected chi connectivity index (χ2v) is 10.9. The van der Waals surface area contributed by atoms with Gasteiger partial charge in [-0.1, -0.05) is 0 Å². The summed E-state index contributed by atoms with van der Waals surface area (Å²) < 4.78 is 36.5. The Morgan fingerprint density at radius 2 is 1.89 bits per heavy atom. The molecule has 0 bridgehead atoms. The van der Waals surface area contributed by atoms with Crippen molar-refractivity contribution in [3.63, 3.8) is 0 Å². The van der Waals surface area contributed by atoms with E-state index in [0.717, 1.165) is 17.8 Å². The number of H-pyrrole nitrogens is 1. The topological polar surface area (TPSA) is 260 Å². The first-order chi connectivity index (χ1) is 16.6. The van der Waals surface area contributed by atoms with Crippen molar-refractivity contribution in [2.45, 2.75) is 51.7 Å². The van der Waals surface area contributed by atoms with Gasteiger partial charge >= 0.3 is 7.82 Å². The van der Waals surface area contributed by atoms with Gasteiger partial charge in [0.1, 0.15) is 17.8 Å². The molecule has 17 nitrogen and oxygen atoms in total. The molecule has 8 N–H and O–H groups in total. The number of hydrogen-bond acceptors (Lipinski definition) is 12. The average Bonchev–Trinajstić information content (AvgIpc) is 3.25. The lowest BCUT2D eigenvalue weighted by molar-refractivity contribution is -0.894. The van der Waals surface area contributed by atoms with Gasteiger partial charge in [0.15, 0.2) is 17.4 Å². The van der Waals surface area contributed by atoms with Crippen molar-refractivity contribution in [3.8, 4) is 0 Å². The molecular formula is C17H32N6O11P2. The van der Waals surface area contributed by atoms with Crippen molar-refractivity contribution < 1.29 is 52.5 Å². The Labute approximate surface area is 205 Å². The van der Waals surface area contributed by atoms with Crippen LogP contribution in [0.4, 0.5) is 5.95 Å². The summed E-state index contributed by atoms with van der Waals surface area (Å²) in [6.45, 7) is 10.7. The van der Waals surface area contributed by atoms with E-state index in [9.17, 15) is 29.0 Å². The smallest absolute Gasteiger partial charge is 0.476 e. The van der Waals surface area contributed by atoms with E-state index in [1.807, 2.05) is 0 Å². The fourth-order valence-electron chi connectivity index (χ4n) is 3.56. The number of hydrogen-bond donors (Lipinski definition) is 7. The Morgan fingerprint density at radius 3 is 2.39 bits per heavy atom. The highest BCUT2D eigenvalue weighted by molar-refractivity contribution is 7.60. The van der Waals surface area contributed by atoms with Crippen LogP contribution in [0, 0.1) is 0 Å². The quantitative estimate of drug-likeness (QED) is 0.154. The Hall–Kier alpha value is -1.75. The zero-order chi connectivity index (χ0) is 27.5. The van der Waals surface area contributed by atoms with E-state index in [1.54, 1.807) is 4.90 Å². The summed E-state index contributed by atoms with van der Waals surface area (Å²) in [4.78, 5) is 52.1. The van der Waals surface area contributed by atoms with Gasteiger partial charge in [-0.2, -0.15) is 4.98 Å². The average molecular weight is 558 g/mol. The molecule has 1 aliphatic rings. The van der Waals surface area contributed by atoms with Gasteiger partial charge in [0.05, 0.1) is 32.6 Å². The van der Waals surface area contributed by atoms with Crippen LogP contribution in [-0.4, -0.2) is 83.6 Å². The SMILES string of the molecule is CC1(O)[C@@H](O)[C@@H](COP(=O)([O-])OP(=O)(O)O)O[C@H]1n1cnc2c(=O)[nH]c(N)nc21.CC[NH+](CC)CC. The molecule has 0 saturated carbocycles. The van der Waals surface area contributed by atoms with Crippen LogP contribution >= 0.6 is 15.6 Å². The standard InChI is InChI=1S/C11H17N5O11P2.C6H15N/c1-11(19)6(17)4(2-25-29(23,24)27-28(20,21)22)26-9(11)16-3-13-5-7(16)14-10(12)15-8(5)18;1-4-7(5-2)6-3/h3-4,6,9,17,19H,2H2,1H3,(H,23,24)(H2,20,21,22)(H3,12,14,15,18);4-6H2,1-3H3/t4-,6+,9-,11?;/m1./s1. The fourth-order valence-corrected chi connectivity index (χ4v) is 5.12. The zero-order valence-corrected chi connectivity index (χ0v) is 21.9. The van der Waals surface area contributed by atoms with Gasteiger partial charge in [-0.25, -0.2) is 13.9 Å². The number of aromatic nitrogens is 4. The predicted molar refractivity (Wildman–Crippen MR) is 122 cm³/mol. The second-order valence-electron chi connectivity index (χ2n) is 8.10. The first-order valence-corrected chi connectivity index (χ1v) is 13.9. The number of aromatic amines is 1. The Balaban J connectivity index is 0.000000572. The summed E-state index contributed by atoms with van der Waals surface area (Å²) >= 11 is 0. The number of imidazole rings is 1. The highest BCUT2D eigenvalue weighted by Crippen LogP contribution is 2.55. The molecule has 0 aliphatic carbocycles. The van der Waals surface area contributed by atoms with Crippen LogP contribution < -0.4 is 21.1 Å². The number of aliphatic hydroxyl groups excluding tert-OH is 1. The number of nitrogens with two attached hydrogens (primary N) is 1. The molecule has 2 unspecified atom stereocenters. The lowest BCUT2D eigenvalue weighted by Crippen LogP contribution is -3.11. The summed E-state index contributed by atoms with van der Waals surface area (Å²) in [6.07, 6.45) is -3.51. The molecule has 3 heterocycles. The molecule has 36 heavy (non-hydrogen) atoms. The monoisotopic (exact) mass is 558 g/mol. The molecule has 0 radical (unpaired) electrons. The Morgan fingerprint density at radius 1 is 1.31 bits per heavy atom. The molecule has 0 spiro atoms. The number of fused-ring (bicyclic) bond motifs is 1. The van der Waals surface area contributed by atoms with E-state index in [2.05, 4.69) is 44.6 Å². The maximum Gasteiger partial charge on any atom is 0.476 e. The third kappa shape index (κ3) is 7.40. The third-order valence-corrected chi connectivity index (χ3v) is 7.68. The van der Waals surface area contributed by atoms with E-state index in [1.165, 1.54) is 19.6 Å². The maximum absolute atomic E-state index is 11.9. The van der Waals surface area contributed by atoms with Crippen molar-refractivity contribution in [1.82, 2.24) is 19.5 Å². The first kappa shape index (κ1) is 30.5. The number of phosphoric ester groups is 1. The first-order valence-electron chi connectivity index (χ1n) is 10.9. The summed E-state index contributed by atoms with van der Waals surface area (Å²) in [6, 6.07) is 0.